The summed E-state index contributed by atoms with van der Waals surface area (Å²) in [5.41, 5.74) is 12.2. The quantitative estimate of drug-likeness (QED) is 0.0292. The van der Waals surface area contributed by atoms with Crippen LogP contribution in [0.25, 0.3) is 108 Å². The molecule has 8 aromatic heterocycles. The first kappa shape index (κ1) is 85.5. The summed E-state index contributed by atoms with van der Waals surface area (Å²) in [5.74, 6) is 1.88. The molecule has 8 amide bonds. The molecule has 0 aliphatic carbocycles. The Bertz CT molecular complexity index is 5570. The van der Waals surface area contributed by atoms with Gasteiger partial charge in [-0.05, 0) is 135 Å². The predicted octanol–water partition coefficient (Wildman–Crippen LogP) is 17.9. The Kier molecular flexibility index (Phi) is 25.4. The molecule has 640 valence electrons. The Morgan fingerprint density at radius 2 is 0.607 bits per heavy atom. The van der Waals surface area contributed by atoms with Gasteiger partial charge in [0.25, 0.3) is 0 Å². The number of rotatable bonds is 22. The minimum Gasteiger partial charge on any atom is -0.453 e. The molecule has 0 spiro atoms. The SMILES string of the molecule is COC(=O)N[C@H](C(=O)N1CCC[C@H]1c1ncc(-c2ccc(-c3ccc(-c4cnc([C@@H]5CCCN5C(=O)[C@@H](NC(=O)OC)C(C)C)[nH]4)c4sc(C)cc34)c3sc(C)cc23)[nH]1)C(C)C.COC(=O)N[C@H](C(=O)N1CCC[C@H]1c1ncc(-c2ccc(-c3ccc(-c4cnc([C@@H]5CCCN5C(=O)[C@@H](NC(=O)OC)C(C)C)[nH]4)c4sccc34)c3sccc23)[nH]1)C(C)C. The molecule has 8 N–H and O–H groups in total. The molecule has 0 saturated carbocycles. The maximum atomic E-state index is 13.8. The average molecular weight is 1730 g/mol. The van der Waals surface area contributed by atoms with Crippen molar-refractivity contribution in [2.45, 2.75) is 169 Å². The lowest BCUT2D eigenvalue weighted by molar-refractivity contribution is -0.136. The van der Waals surface area contributed by atoms with Gasteiger partial charge in [0, 0.05) is 110 Å². The second-order valence-corrected chi connectivity index (χ2v) is 37.4. The van der Waals surface area contributed by atoms with Crippen molar-refractivity contribution in [3.05, 3.63) is 141 Å². The second kappa shape index (κ2) is 36.3. The number of hydrogen-bond donors (Lipinski definition) is 8. The van der Waals surface area contributed by atoms with Crippen LogP contribution in [0.5, 0.6) is 0 Å². The minimum atomic E-state index is -0.704. The number of benzene rings is 4. The Morgan fingerprint density at radius 1 is 0.352 bits per heavy atom. The summed E-state index contributed by atoms with van der Waals surface area (Å²) in [6.45, 7) is 21.9. The molecule has 32 heteroatoms. The number of aromatic nitrogens is 8. The zero-order chi connectivity index (χ0) is 86.2. The second-order valence-electron chi connectivity index (χ2n) is 33.1. The van der Waals surface area contributed by atoms with E-state index in [9.17, 15) is 38.4 Å². The number of imidazole rings is 4. The molecule has 122 heavy (non-hydrogen) atoms. The van der Waals surface area contributed by atoms with E-state index in [2.05, 4.69) is 139 Å². The smallest absolute Gasteiger partial charge is 0.407 e. The molecule has 16 rings (SSSR count). The molecule has 4 aliphatic heterocycles. The molecular formula is C90H104N16O12S4. The number of alkyl carbamates (subject to hydrolysis) is 4. The number of amides is 8. The summed E-state index contributed by atoms with van der Waals surface area (Å²) in [4.78, 5) is 147. The van der Waals surface area contributed by atoms with E-state index in [-0.39, 0.29) is 71.5 Å². The molecule has 0 radical (unpaired) electrons. The summed E-state index contributed by atoms with van der Waals surface area (Å²) >= 11 is 6.90. The van der Waals surface area contributed by atoms with E-state index in [0.717, 1.165) is 178 Å². The highest BCUT2D eigenvalue weighted by molar-refractivity contribution is 7.20. The molecule has 8 atom stereocenters. The number of carbonyl (C=O) groups excluding carboxylic acids is 8. The molecule has 4 aromatic carbocycles. The summed E-state index contributed by atoms with van der Waals surface area (Å²) in [6, 6.07) is 22.4. The van der Waals surface area contributed by atoms with Crippen LogP contribution < -0.4 is 21.3 Å². The Morgan fingerprint density at radius 3 is 0.943 bits per heavy atom. The number of thiophene rings is 4. The van der Waals surface area contributed by atoms with E-state index in [1.54, 1.807) is 45.3 Å². The molecule has 12 aromatic rings. The molecule has 4 fully saturated rings. The molecule has 4 aliphatic rings. The lowest BCUT2D eigenvalue weighted by Crippen LogP contribution is -2.51. The van der Waals surface area contributed by atoms with Gasteiger partial charge in [-0.1, -0.05) is 104 Å². The van der Waals surface area contributed by atoms with Gasteiger partial charge in [0.05, 0.1) is 100 Å². The number of nitrogens with zero attached hydrogens (tertiary/aromatic N) is 8. The van der Waals surface area contributed by atoms with Crippen molar-refractivity contribution >= 4 is 134 Å². The van der Waals surface area contributed by atoms with Gasteiger partial charge in [0.2, 0.25) is 23.6 Å². The van der Waals surface area contributed by atoms with Crippen molar-refractivity contribution in [2.75, 3.05) is 54.6 Å². The van der Waals surface area contributed by atoms with E-state index in [1.165, 1.54) is 42.9 Å². The first-order chi connectivity index (χ1) is 58.7. The number of aromatic amines is 4. The van der Waals surface area contributed by atoms with Crippen molar-refractivity contribution in [3.8, 4) is 67.3 Å². The Hall–Kier alpha value is -11.5. The third-order valence-corrected chi connectivity index (χ3v) is 28.0. The van der Waals surface area contributed by atoms with Crippen LogP contribution in [-0.4, -0.2) is 186 Å². The van der Waals surface area contributed by atoms with Crippen LogP contribution in [-0.2, 0) is 38.1 Å². The Balaban J connectivity index is 0.000000190. The average Bonchev–Trinajstić information content (AvgIpc) is 1.57. The highest BCUT2D eigenvalue weighted by atomic mass is 32.1. The predicted molar refractivity (Wildman–Crippen MR) is 477 cm³/mol. The van der Waals surface area contributed by atoms with Gasteiger partial charge < -0.3 is 79.8 Å². The molecule has 12 heterocycles. The molecule has 28 nitrogen and oxygen atoms in total. The van der Waals surface area contributed by atoms with Crippen molar-refractivity contribution in [1.82, 2.24) is 80.7 Å². The maximum absolute atomic E-state index is 13.8. The van der Waals surface area contributed by atoms with Crippen molar-refractivity contribution in [3.63, 3.8) is 0 Å². The third kappa shape index (κ3) is 16.9. The van der Waals surface area contributed by atoms with Crippen molar-refractivity contribution in [2.24, 2.45) is 23.7 Å². The van der Waals surface area contributed by atoms with Gasteiger partial charge in [0.1, 0.15) is 47.5 Å². The molecule has 0 bridgehead atoms. The number of likely N-dealkylation sites (tertiary alicyclic amines) is 4. The van der Waals surface area contributed by atoms with Crippen molar-refractivity contribution in [1.29, 1.82) is 0 Å². The Labute approximate surface area is 723 Å². The number of ether oxygens (including phenoxy) is 4. The van der Waals surface area contributed by atoms with Gasteiger partial charge >= 0.3 is 24.4 Å². The number of aryl methyl sites for hydroxylation is 2. The number of H-pyrrole nitrogens is 4. The van der Waals surface area contributed by atoms with E-state index in [0.29, 0.717) is 26.2 Å². The topological polar surface area (TPSA) is 349 Å². The summed E-state index contributed by atoms with van der Waals surface area (Å²) in [7, 11) is 5.19. The fraction of sp³-hybridized carbons (Fsp3) is 0.422. The van der Waals surface area contributed by atoms with Crippen LogP contribution in [0, 0.1) is 37.5 Å². The highest BCUT2D eigenvalue weighted by Gasteiger charge is 2.43. The van der Waals surface area contributed by atoms with Crippen LogP contribution >= 0.6 is 45.3 Å². The normalized spacial score (nSPS) is 17.7. The largest absolute Gasteiger partial charge is 0.453 e. The fourth-order valence-electron chi connectivity index (χ4n) is 17.7. The van der Waals surface area contributed by atoms with Gasteiger partial charge in [-0.2, -0.15) is 0 Å². The standard InChI is InChI=1S/C46H54N8O6S2.C44H50N8O6S2/c1-23(2)37(51-45(57)59-7)43(55)53-17-9-11-35(53)41-47-21-33(49-41)28-14-15-29(39-32(28)20-26(6)61-39)27-13-16-30(40-31(27)19-25(5)62-40)34-22-48-42(50-34)36-12-10-18-54(36)44(56)38(24(3)4)52-46(58)60-8;1-23(2)35(49-43(55)57-5)41(53)51-17-7-9-33(51)39-45-21-31(47-39)26-12-13-27(37-29(26)16-20-59-37)25-11-14-30(38-28(25)15-19-60-38)32-22-46-40(48-32)34-10-8-18-52(34)42(54)36(24(3)4)50-44(56)58-6/h13-16,19-24,35-38H,9-12,17-18H2,1-8H3,(H,47,49)(H,48,50)(H,51,57)(H,52,58);11-16,19-24,33-36H,7-10,17-18H2,1-6H3,(H,45,47)(H,46,48)(H,49,55)(H,50,56)/t35-,36-,37-,38-;33-,34-,35-,36-/m00/s1. The number of methoxy groups -OCH3 is 4. The van der Waals surface area contributed by atoms with Gasteiger partial charge in [-0.3, -0.25) is 19.2 Å². The summed E-state index contributed by atoms with van der Waals surface area (Å²) in [5, 5.41) is 19.7. The fourth-order valence-corrected chi connectivity index (χ4v) is 21.8. The van der Waals surface area contributed by atoms with Crippen LogP contribution in [0.4, 0.5) is 19.2 Å². The minimum absolute atomic E-state index is 0.116. The van der Waals surface area contributed by atoms with Crippen molar-refractivity contribution < 1.29 is 57.3 Å². The van der Waals surface area contributed by atoms with Crippen LogP contribution in [0.15, 0.2) is 108 Å². The third-order valence-electron chi connectivity index (χ3n) is 23.9. The van der Waals surface area contributed by atoms with E-state index in [4.69, 9.17) is 38.9 Å². The first-order valence-electron chi connectivity index (χ1n) is 41.6. The molecule has 0 unspecified atom stereocenters. The first-order valence-corrected chi connectivity index (χ1v) is 45.0. The maximum Gasteiger partial charge on any atom is 0.407 e. The van der Waals surface area contributed by atoms with Gasteiger partial charge in [0.15, 0.2) is 0 Å². The van der Waals surface area contributed by atoms with E-state index < -0.39 is 48.5 Å². The molecular weight excluding hydrogens is 1630 g/mol. The van der Waals surface area contributed by atoms with Crippen LogP contribution in [0.1, 0.15) is 164 Å². The van der Waals surface area contributed by atoms with E-state index >= 15 is 0 Å². The van der Waals surface area contributed by atoms with E-state index in [1.807, 2.05) is 99.8 Å². The van der Waals surface area contributed by atoms with Crippen LogP contribution in [0.3, 0.4) is 0 Å². The van der Waals surface area contributed by atoms with Crippen LogP contribution in [0.2, 0.25) is 0 Å². The zero-order valence-electron chi connectivity index (χ0n) is 70.9. The lowest BCUT2D eigenvalue weighted by Gasteiger charge is -2.30. The van der Waals surface area contributed by atoms with Gasteiger partial charge in [-0.25, -0.2) is 39.1 Å². The lowest BCUT2D eigenvalue weighted by atomic mass is 9.95. The zero-order valence-corrected chi connectivity index (χ0v) is 74.2. The van der Waals surface area contributed by atoms with Gasteiger partial charge in [-0.15, -0.1) is 45.3 Å². The highest BCUT2D eigenvalue weighted by Crippen LogP contribution is 2.49. The number of carbonyl (C=O) groups is 8. The summed E-state index contributed by atoms with van der Waals surface area (Å²) in [6.07, 6.45) is 11.4. The molecule has 4 saturated heterocycles. The monoisotopic (exact) mass is 1730 g/mol. The number of hydrogen-bond acceptors (Lipinski definition) is 20. The number of fused-ring (bicyclic) bond motifs is 4. The summed E-state index contributed by atoms with van der Waals surface area (Å²) < 4.78 is 23.8. The number of nitrogens with one attached hydrogen (secondary N) is 8.